The summed E-state index contributed by atoms with van der Waals surface area (Å²) in [4.78, 5) is 28.0. The summed E-state index contributed by atoms with van der Waals surface area (Å²) in [6.07, 6.45) is -0.805. The Hall–Kier alpha value is -2.85. The lowest BCUT2D eigenvalue weighted by Crippen LogP contribution is -2.47. The zero-order valence-corrected chi connectivity index (χ0v) is 17.2. The molecule has 3 fully saturated rings. The number of piperidine rings is 1. The quantitative estimate of drug-likeness (QED) is 0.648. The van der Waals surface area contributed by atoms with Crippen molar-refractivity contribution in [2.24, 2.45) is 29.6 Å². The highest BCUT2D eigenvalue weighted by Gasteiger charge is 2.49. The summed E-state index contributed by atoms with van der Waals surface area (Å²) >= 11 is 0. The van der Waals surface area contributed by atoms with E-state index in [4.69, 9.17) is 0 Å². The minimum absolute atomic E-state index is 0.0880. The first-order valence-corrected chi connectivity index (χ1v) is 10.9. The van der Waals surface area contributed by atoms with E-state index in [9.17, 15) is 27.9 Å². The van der Waals surface area contributed by atoms with Crippen LogP contribution in [0.1, 0.15) is 43.1 Å². The molecule has 3 heterocycles. The lowest BCUT2D eigenvalue weighted by molar-refractivity contribution is -0.183. The zero-order chi connectivity index (χ0) is 22.6. The van der Waals surface area contributed by atoms with Crippen LogP contribution < -0.4 is 10.6 Å². The molecule has 3 N–H and O–H groups in total. The molecular formula is C21H24F3N5O3. The Bertz CT molecular complexity index is 1040. The molecular weight excluding hydrogens is 427 g/mol. The fourth-order valence-corrected chi connectivity index (χ4v) is 5.38. The van der Waals surface area contributed by atoms with Gasteiger partial charge in [0.1, 0.15) is 0 Å². The first-order valence-electron chi connectivity index (χ1n) is 10.9. The SMILES string of the molecule is O=C(O)N[C@@H](c1cn2nc(CC3C[C@@H](C(F)(F)F)CNC3=O)ccc2n1)C1C[C@@H]2C[C@@H]2C1. The van der Waals surface area contributed by atoms with E-state index in [0.29, 0.717) is 28.9 Å². The number of imidazole rings is 1. The Kier molecular flexibility index (Phi) is 5.01. The number of alkyl halides is 3. The molecule has 0 aromatic carbocycles. The first-order chi connectivity index (χ1) is 15.2. The molecule has 5 rings (SSSR count). The summed E-state index contributed by atoms with van der Waals surface area (Å²) in [6.45, 7) is -0.392. The van der Waals surface area contributed by atoms with Crippen molar-refractivity contribution >= 4 is 17.6 Å². The molecule has 172 valence electrons. The van der Waals surface area contributed by atoms with Crippen LogP contribution in [-0.4, -0.2) is 44.4 Å². The molecule has 2 saturated carbocycles. The number of carbonyl (C=O) groups is 2. The van der Waals surface area contributed by atoms with Gasteiger partial charge < -0.3 is 15.7 Å². The lowest BCUT2D eigenvalue weighted by Gasteiger charge is -2.30. The molecule has 6 atom stereocenters. The third-order valence-electron chi connectivity index (χ3n) is 7.12. The molecule has 11 heteroatoms. The Balaban J connectivity index is 1.35. The van der Waals surface area contributed by atoms with E-state index in [1.165, 1.54) is 10.9 Å². The number of carbonyl (C=O) groups excluding carboxylic acids is 1. The largest absolute Gasteiger partial charge is 0.465 e. The monoisotopic (exact) mass is 451 g/mol. The van der Waals surface area contributed by atoms with Gasteiger partial charge in [-0.15, -0.1) is 0 Å². The van der Waals surface area contributed by atoms with Crippen molar-refractivity contribution in [1.29, 1.82) is 0 Å². The van der Waals surface area contributed by atoms with E-state index in [1.807, 2.05) is 0 Å². The Morgan fingerprint density at radius 1 is 1.25 bits per heavy atom. The van der Waals surface area contributed by atoms with Gasteiger partial charge in [0.2, 0.25) is 5.91 Å². The van der Waals surface area contributed by atoms with E-state index in [-0.39, 0.29) is 18.8 Å². The van der Waals surface area contributed by atoms with Crippen molar-refractivity contribution < 1.29 is 27.9 Å². The van der Waals surface area contributed by atoms with Crippen molar-refractivity contribution in [2.75, 3.05) is 6.54 Å². The molecule has 8 nitrogen and oxygen atoms in total. The van der Waals surface area contributed by atoms with Gasteiger partial charge in [-0.05, 0) is 55.6 Å². The van der Waals surface area contributed by atoms with Crippen LogP contribution in [0.15, 0.2) is 18.3 Å². The molecule has 2 aliphatic carbocycles. The summed E-state index contributed by atoms with van der Waals surface area (Å²) in [5.74, 6) is -1.22. The van der Waals surface area contributed by atoms with Gasteiger partial charge in [0.15, 0.2) is 5.65 Å². The molecule has 0 radical (unpaired) electrons. The highest BCUT2D eigenvalue weighted by molar-refractivity contribution is 5.79. The Morgan fingerprint density at radius 2 is 2.00 bits per heavy atom. The van der Waals surface area contributed by atoms with E-state index >= 15 is 0 Å². The standard InChI is InChI=1S/C21H24F3N5O3/c22-21(23,24)14-6-13(19(30)25-8-14)7-15-1-2-17-26-16(9-29(17)28-15)18(27-20(31)32)12-4-10-3-11(10)5-12/h1-2,9-14,18,27H,3-8H2,(H,25,30)(H,31,32)/t10-,11+,12?,13?,14-,18-/m1/s1. The minimum atomic E-state index is -4.35. The summed E-state index contributed by atoms with van der Waals surface area (Å²) in [5, 5.41) is 18.7. The van der Waals surface area contributed by atoms with Gasteiger partial charge in [-0.1, -0.05) is 0 Å². The van der Waals surface area contributed by atoms with Gasteiger partial charge in [0, 0.05) is 18.9 Å². The number of carboxylic acid groups (broad SMARTS) is 1. The van der Waals surface area contributed by atoms with Gasteiger partial charge in [-0.3, -0.25) is 4.79 Å². The molecule has 2 unspecified atom stereocenters. The maximum Gasteiger partial charge on any atom is 0.405 e. The van der Waals surface area contributed by atoms with E-state index < -0.39 is 42.6 Å². The number of hydrogen-bond donors (Lipinski definition) is 3. The van der Waals surface area contributed by atoms with Gasteiger partial charge in [0.05, 0.1) is 29.5 Å². The molecule has 1 aliphatic heterocycles. The van der Waals surface area contributed by atoms with E-state index in [1.54, 1.807) is 18.3 Å². The zero-order valence-electron chi connectivity index (χ0n) is 17.2. The smallest absolute Gasteiger partial charge is 0.405 e. The van der Waals surface area contributed by atoms with Crippen molar-refractivity contribution in [2.45, 2.75) is 44.3 Å². The molecule has 32 heavy (non-hydrogen) atoms. The van der Waals surface area contributed by atoms with Crippen LogP contribution >= 0.6 is 0 Å². The summed E-state index contributed by atoms with van der Waals surface area (Å²) in [5.41, 5.74) is 1.58. The number of nitrogens with one attached hydrogen (secondary N) is 2. The summed E-state index contributed by atoms with van der Waals surface area (Å²) in [7, 11) is 0. The molecule has 2 amide bonds. The van der Waals surface area contributed by atoms with Crippen molar-refractivity contribution in [3.05, 3.63) is 29.7 Å². The van der Waals surface area contributed by atoms with Crippen molar-refractivity contribution in [1.82, 2.24) is 25.2 Å². The van der Waals surface area contributed by atoms with Gasteiger partial charge in [0.25, 0.3) is 0 Å². The highest BCUT2D eigenvalue weighted by atomic mass is 19.4. The van der Waals surface area contributed by atoms with E-state index in [0.717, 1.165) is 12.8 Å². The Morgan fingerprint density at radius 3 is 2.69 bits per heavy atom. The van der Waals surface area contributed by atoms with Gasteiger partial charge >= 0.3 is 12.3 Å². The van der Waals surface area contributed by atoms with Crippen LogP contribution in [0.5, 0.6) is 0 Å². The molecule has 2 aromatic heterocycles. The van der Waals surface area contributed by atoms with Crippen LogP contribution in [0.3, 0.4) is 0 Å². The number of fused-ring (bicyclic) bond motifs is 2. The topological polar surface area (TPSA) is 109 Å². The Labute approximate surface area is 181 Å². The number of rotatable bonds is 5. The normalized spacial score (nSPS) is 30.6. The lowest BCUT2D eigenvalue weighted by atomic mass is 9.86. The third kappa shape index (κ3) is 4.12. The van der Waals surface area contributed by atoms with Crippen LogP contribution in [0.2, 0.25) is 0 Å². The maximum atomic E-state index is 13.1. The second-order valence-electron chi connectivity index (χ2n) is 9.33. The number of halogens is 3. The first kappa shape index (κ1) is 21.0. The fraction of sp³-hybridized carbons (Fsp3) is 0.619. The number of nitrogens with zero attached hydrogens (tertiary/aromatic N) is 3. The predicted molar refractivity (Wildman–Crippen MR) is 106 cm³/mol. The summed E-state index contributed by atoms with van der Waals surface area (Å²) in [6, 6.07) is 2.92. The minimum Gasteiger partial charge on any atom is -0.465 e. The average molecular weight is 451 g/mol. The number of hydrogen-bond acceptors (Lipinski definition) is 4. The fourth-order valence-electron chi connectivity index (χ4n) is 5.38. The average Bonchev–Trinajstić information content (AvgIpc) is 3.13. The highest BCUT2D eigenvalue weighted by Crippen LogP contribution is 2.57. The molecule has 3 aliphatic rings. The summed E-state index contributed by atoms with van der Waals surface area (Å²) < 4.78 is 40.8. The predicted octanol–water partition coefficient (Wildman–Crippen LogP) is 2.94. The van der Waals surface area contributed by atoms with Gasteiger partial charge in [-0.2, -0.15) is 18.3 Å². The number of aromatic nitrogens is 3. The van der Waals surface area contributed by atoms with Crippen molar-refractivity contribution in [3.63, 3.8) is 0 Å². The third-order valence-corrected chi connectivity index (χ3v) is 7.12. The molecule has 0 spiro atoms. The van der Waals surface area contributed by atoms with Crippen LogP contribution in [0, 0.1) is 29.6 Å². The van der Waals surface area contributed by atoms with E-state index in [2.05, 4.69) is 20.7 Å². The number of amides is 2. The van der Waals surface area contributed by atoms with Crippen molar-refractivity contribution in [3.8, 4) is 0 Å². The van der Waals surface area contributed by atoms with Gasteiger partial charge in [-0.25, -0.2) is 14.3 Å². The van der Waals surface area contributed by atoms with Crippen LogP contribution in [-0.2, 0) is 11.2 Å². The second kappa shape index (κ2) is 7.63. The van der Waals surface area contributed by atoms with Crippen LogP contribution in [0.25, 0.3) is 5.65 Å². The molecule has 1 saturated heterocycles. The second-order valence-corrected chi connectivity index (χ2v) is 9.33. The molecule has 2 aromatic rings. The maximum absolute atomic E-state index is 13.1. The molecule has 0 bridgehead atoms. The van der Waals surface area contributed by atoms with Crippen LogP contribution in [0.4, 0.5) is 18.0 Å².